The van der Waals surface area contributed by atoms with Gasteiger partial charge in [0, 0.05) is 19.0 Å². The first-order chi connectivity index (χ1) is 10.9. The van der Waals surface area contributed by atoms with Gasteiger partial charge in [0.2, 0.25) is 11.8 Å². The van der Waals surface area contributed by atoms with E-state index < -0.39 is 11.9 Å². The van der Waals surface area contributed by atoms with E-state index in [1.807, 2.05) is 13.8 Å². The van der Waals surface area contributed by atoms with Gasteiger partial charge in [0.15, 0.2) is 0 Å². The highest BCUT2D eigenvalue weighted by Crippen LogP contribution is 2.23. The molecule has 23 heavy (non-hydrogen) atoms. The molecule has 0 N–H and O–H groups in total. The summed E-state index contributed by atoms with van der Waals surface area (Å²) in [5, 5.41) is 0. The van der Waals surface area contributed by atoms with Gasteiger partial charge in [0.1, 0.15) is 12.3 Å². The first kappa shape index (κ1) is 17.1. The fourth-order valence-electron chi connectivity index (χ4n) is 2.63. The summed E-state index contributed by atoms with van der Waals surface area (Å²) < 4.78 is 9.88. The first-order valence-electron chi connectivity index (χ1n) is 7.59. The normalized spacial score (nSPS) is 17.7. The monoisotopic (exact) mass is 322 g/mol. The van der Waals surface area contributed by atoms with Crippen LogP contribution in [0.3, 0.4) is 0 Å². The standard InChI is InChI=1S/C16H22N2O5/c1-11(2)18(10-15(20)22-3)16(21)12-7-14(19)17(8-12)9-13-5-4-6-23-13/h4-6,11-12H,7-10H2,1-3H3. The summed E-state index contributed by atoms with van der Waals surface area (Å²) in [6.45, 7) is 4.25. The van der Waals surface area contributed by atoms with Crippen LogP contribution in [0.25, 0.3) is 0 Å². The molecule has 1 aliphatic heterocycles. The summed E-state index contributed by atoms with van der Waals surface area (Å²) in [6, 6.07) is 3.41. The lowest BCUT2D eigenvalue weighted by molar-refractivity contribution is -0.149. The van der Waals surface area contributed by atoms with Crippen molar-refractivity contribution >= 4 is 17.8 Å². The van der Waals surface area contributed by atoms with Crippen molar-refractivity contribution in [3.8, 4) is 0 Å². The molecule has 2 rings (SSSR count). The quantitative estimate of drug-likeness (QED) is 0.731. The molecular formula is C16H22N2O5. The molecule has 1 aliphatic rings. The third kappa shape index (κ3) is 4.12. The summed E-state index contributed by atoms with van der Waals surface area (Å²) in [5.41, 5.74) is 0. The fraction of sp³-hybridized carbons (Fsp3) is 0.562. The zero-order chi connectivity index (χ0) is 17.0. The maximum atomic E-state index is 12.6. The number of carbonyl (C=O) groups is 3. The molecule has 7 heteroatoms. The van der Waals surface area contributed by atoms with Crippen molar-refractivity contribution in [1.29, 1.82) is 0 Å². The molecular weight excluding hydrogens is 300 g/mol. The number of furan rings is 1. The van der Waals surface area contributed by atoms with E-state index in [1.165, 1.54) is 12.0 Å². The van der Waals surface area contributed by atoms with E-state index in [-0.39, 0.29) is 30.8 Å². The minimum absolute atomic E-state index is 0.0819. The van der Waals surface area contributed by atoms with Crippen LogP contribution in [0.2, 0.25) is 0 Å². The second kappa shape index (κ2) is 7.30. The van der Waals surface area contributed by atoms with Crippen molar-refractivity contribution in [2.45, 2.75) is 32.9 Å². The summed E-state index contributed by atoms with van der Waals surface area (Å²) in [7, 11) is 1.29. The Balaban J connectivity index is 2.01. The highest BCUT2D eigenvalue weighted by Gasteiger charge is 2.37. The number of ether oxygens (including phenoxy) is 1. The molecule has 2 amide bonds. The van der Waals surface area contributed by atoms with E-state index in [1.54, 1.807) is 23.3 Å². The van der Waals surface area contributed by atoms with Crippen molar-refractivity contribution in [1.82, 2.24) is 9.80 Å². The first-order valence-corrected chi connectivity index (χ1v) is 7.59. The lowest BCUT2D eigenvalue weighted by Gasteiger charge is -2.28. The second-order valence-corrected chi connectivity index (χ2v) is 5.89. The minimum atomic E-state index is -0.469. The second-order valence-electron chi connectivity index (χ2n) is 5.89. The number of esters is 1. The van der Waals surface area contributed by atoms with Crippen LogP contribution in [0, 0.1) is 5.92 Å². The van der Waals surface area contributed by atoms with Crippen molar-refractivity contribution in [2.75, 3.05) is 20.2 Å². The van der Waals surface area contributed by atoms with Gasteiger partial charge in [-0.05, 0) is 26.0 Å². The van der Waals surface area contributed by atoms with Gasteiger partial charge >= 0.3 is 5.97 Å². The van der Waals surface area contributed by atoms with Crippen molar-refractivity contribution in [3.63, 3.8) is 0 Å². The number of amides is 2. The smallest absolute Gasteiger partial charge is 0.325 e. The van der Waals surface area contributed by atoms with Crippen molar-refractivity contribution in [3.05, 3.63) is 24.2 Å². The molecule has 126 valence electrons. The third-order valence-corrected chi connectivity index (χ3v) is 3.92. The van der Waals surface area contributed by atoms with Gasteiger partial charge in [-0.15, -0.1) is 0 Å². The number of likely N-dealkylation sites (tertiary alicyclic amines) is 1. The van der Waals surface area contributed by atoms with Gasteiger partial charge in [0.05, 0.1) is 25.8 Å². The number of hydrogen-bond donors (Lipinski definition) is 0. The lowest BCUT2D eigenvalue weighted by atomic mass is 10.1. The number of rotatable bonds is 6. The third-order valence-electron chi connectivity index (χ3n) is 3.92. The molecule has 1 atom stereocenters. The molecule has 7 nitrogen and oxygen atoms in total. The Morgan fingerprint density at radius 2 is 2.22 bits per heavy atom. The van der Waals surface area contributed by atoms with Gasteiger partial charge in [-0.3, -0.25) is 14.4 Å². The Kier molecular flexibility index (Phi) is 5.41. The largest absolute Gasteiger partial charge is 0.468 e. The van der Waals surface area contributed by atoms with Crippen LogP contribution in [0.5, 0.6) is 0 Å². The van der Waals surface area contributed by atoms with Crippen LogP contribution in [0.4, 0.5) is 0 Å². The molecule has 0 aliphatic carbocycles. The number of nitrogens with zero attached hydrogens (tertiary/aromatic N) is 2. The molecule has 0 saturated carbocycles. The molecule has 2 heterocycles. The number of hydrogen-bond acceptors (Lipinski definition) is 5. The molecule has 0 spiro atoms. The summed E-state index contributed by atoms with van der Waals surface area (Å²) in [4.78, 5) is 39.3. The molecule has 0 aromatic carbocycles. The van der Waals surface area contributed by atoms with Crippen LogP contribution >= 0.6 is 0 Å². The lowest BCUT2D eigenvalue weighted by Crippen LogP contribution is -2.44. The van der Waals surface area contributed by atoms with Crippen LogP contribution in [-0.2, 0) is 25.7 Å². The van der Waals surface area contributed by atoms with Crippen molar-refractivity contribution in [2.24, 2.45) is 5.92 Å². The van der Waals surface area contributed by atoms with Gasteiger partial charge in [-0.1, -0.05) is 0 Å². The van der Waals surface area contributed by atoms with Gasteiger partial charge < -0.3 is 19.0 Å². The van der Waals surface area contributed by atoms with Gasteiger partial charge in [0.25, 0.3) is 0 Å². The molecule has 0 bridgehead atoms. The zero-order valence-corrected chi connectivity index (χ0v) is 13.7. The van der Waals surface area contributed by atoms with E-state index in [0.29, 0.717) is 18.8 Å². The fourth-order valence-corrected chi connectivity index (χ4v) is 2.63. The molecule has 1 unspecified atom stereocenters. The molecule has 1 saturated heterocycles. The Bertz CT molecular complexity index is 567. The maximum absolute atomic E-state index is 12.6. The topological polar surface area (TPSA) is 80.1 Å². The van der Waals surface area contributed by atoms with Crippen molar-refractivity contribution < 1.29 is 23.5 Å². The SMILES string of the molecule is COC(=O)CN(C(=O)C1CC(=O)N(Cc2ccco2)C1)C(C)C. The summed E-state index contributed by atoms with van der Waals surface area (Å²) in [6.07, 6.45) is 1.71. The molecule has 1 aromatic rings. The summed E-state index contributed by atoms with van der Waals surface area (Å²) in [5.74, 6) is -0.503. The van der Waals surface area contributed by atoms with Gasteiger partial charge in [-0.2, -0.15) is 0 Å². The van der Waals surface area contributed by atoms with Crippen LogP contribution in [0.1, 0.15) is 26.0 Å². The zero-order valence-electron chi connectivity index (χ0n) is 13.7. The summed E-state index contributed by atoms with van der Waals surface area (Å²) >= 11 is 0. The Morgan fingerprint density at radius 3 is 2.78 bits per heavy atom. The number of carbonyl (C=O) groups excluding carboxylic acids is 3. The van der Waals surface area contributed by atoms with E-state index in [4.69, 9.17) is 4.42 Å². The average Bonchev–Trinajstić information content (AvgIpc) is 3.14. The van der Waals surface area contributed by atoms with E-state index in [9.17, 15) is 14.4 Å². The van der Waals surface area contributed by atoms with Crippen LogP contribution in [-0.4, -0.2) is 53.8 Å². The van der Waals surface area contributed by atoms with Crippen LogP contribution < -0.4 is 0 Å². The number of methoxy groups -OCH3 is 1. The van der Waals surface area contributed by atoms with E-state index in [2.05, 4.69) is 4.74 Å². The Labute approximate surface area is 135 Å². The molecule has 1 aromatic heterocycles. The van der Waals surface area contributed by atoms with E-state index in [0.717, 1.165) is 0 Å². The average molecular weight is 322 g/mol. The highest BCUT2D eigenvalue weighted by atomic mass is 16.5. The molecule has 1 fully saturated rings. The molecule has 0 radical (unpaired) electrons. The minimum Gasteiger partial charge on any atom is -0.468 e. The maximum Gasteiger partial charge on any atom is 0.325 e. The van der Waals surface area contributed by atoms with E-state index >= 15 is 0 Å². The predicted octanol–water partition coefficient (Wildman–Crippen LogP) is 1.04. The van der Waals surface area contributed by atoms with Gasteiger partial charge in [-0.25, -0.2) is 0 Å². The highest BCUT2D eigenvalue weighted by molar-refractivity contribution is 5.90. The van der Waals surface area contributed by atoms with Crippen LogP contribution in [0.15, 0.2) is 22.8 Å². The Morgan fingerprint density at radius 1 is 1.48 bits per heavy atom. The Hall–Kier alpha value is -2.31. The predicted molar refractivity (Wildman–Crippen MR) is 81.1 cm³/mol.